The molecule has 5 nitrogen and oxygen atoms in total. The molecule has 0 aromatic carbocycles. The predicted octanol–water partition coefficient (Wildman–Crippen LogP) is 1.75. The van der Waals surface area contributed by atoms with Crippen LogP contribution in [0.4, 0.5) is 5.82 Å². The number of rotatable bonds is 6. The standard InChI is InChI=1S/C16H29N5/c1-13(2)18-10-15-9-17-11-16(19-15)21-7-5-14(6-8-21)12-20(3)4/h9,11,13-14,18H,5-8,10,12H2,1-4H3. The quantitative estimate of drug-likeness (QED) is 0.865. The normalized spacial score (nSPS) is 17.0. The van der Waals surface area contributed by atoms with Gasteiger partial charge in [0, 0.05) is 38.4 Å². The van der Waals surface area contributed by atoms with E-state index in [0.717, 1.165) is 37.1 Å². The molecule has 0 amide bonds. The number of hydrogen-bond donors (Lipinski definition) is 1. The zero-order valence-corrected chi connectivity index (χ0v) is 13.8. The molecule has 0 atom stereocenters. The van der Waals surface area contributed by atoms with Crippen molar-refractivity contribution in [3.05, 3.63) is 18.1 Å². The minimum atomic E-state index is 0.470. The molecule has 1 saturated heterocycles. The van der Waals surface area contributed by atoms with Crippen molar-refractivity contribution >= 4 is 5.82 Å². The van der Waals surface area contributed by atoms with E-state index in [1.54, 1.807) is 0 Å². The molecule has 1 aliphatic heterocycles. The summed E-state index contributed by atoms with van der Waals surface area (Å²) in [7, 11) is 4.31. The third-order valence-electron chi connectivity index (χ3n) is 3.93. The summed E-state index contributed by atoms with van der Waals surface area (Å²) in [5.74, 6) is 1.84. The summed E-state index contributed by atoms with van der Waals surface area (Å²) in [5, 5.41) is 3.39. The van der Waals surface area contributed by atoms with Gasteiger partial charge in [0.2, 0.25) is 0 Å². The molecule has 0 spiro atoms. The van der Waals surface area contributed by atoms with E-state index in [-0.39, 0.29) is 0 Å². The average Bonchev–Trinajstić information content (AvgIpc) is 2.45. The fraction of sp³-hybridized carbons (Fsp3) is 0.750. The van der Waals surface area contributed by atoms with Crippen LogP contribution in [0.3, 0.4) is 0 Å². The zero-order valence-electron chi connectivity index (χ0n) is 13.8. The van der Waals surface area contributed by atoms with Crippen LogP contribution in [0.5, 0.6) is 0 Å². The Morgan fingerprint density at radius 1 is 1.29 bits per heavy atom. The fourth-order valence-electron chi connectivity index (χ4n) is 2.80. The first-order valence-electron chi connectivity index (χ1n) is 7.98. The van der Waals surface area contributed by atoms with Gasteiger partial charge in [-0.2, -0.15) is 0 Å². The van der Waals surface area contributed by atoms with Crippen LogP contribution in [0, 0.1) is 5.92 Å². The number of nitrogens with one attached hydrogen (secondary N) is 1. The van der Waals surface area contributed by atoms with E-state index in [1.165, 1.54) is 19.4 Å². The first kappa shape index (κ1) is 16.2. The zero-order chi connectivity index (χ0) is 15.2. The lowest BCUT2D eigenvalue weighted by Gasteiger charge is -2.33. The molecule has 2 heterocycles. The number of hydrogen-bond acceptors (Lipinski definition) is 5. The third kappa shape index (κ3) is 5.25. The second-order valence-electron chi connectivity index (χ2n) is 6.60. The van der Waals surface area contributed by atoms with E-state index in [0.29, 0.717) is 6.04 Å². The van der Waals surface area contributed by atoms with Gasteiger partial charge in [0.25, 0.3) is 0 Å². The van der Waals surface area contributed by atoms with Gasteiger partial charge in [-0.15, -0.1) is 0 Å². The number of nitrogens with zero attached hydrogens (tertiary/aromatic N) is 4. The average molecular weight is 291 g/mol. The molecule has 0 bridgehead atoms. The summed E-state index contributed by atoms with van der Waals surface area (Å²) in [6.45, 7) is 8.45. The van der Waals surface area contributed by atoms with Crippen molar-refractivity contribution in [3.63, 3.8) is 0 Å². The second kappa shape index (κ2) is 7.71. The topological polar surface area (TPSA) is 44.3 Å². The third-order valence-corrected chi connectivity index (χ3v) is 3.93. The molecule has 1 fully saturated rings. The number of aromatic nitrogens is 2. The molecule has 1 aromatic heterocycles. The molecule has 2 rings (SSSR count). The summed E-state index contributed by atoms with van der Waals surface area (Å²) in [6, 6.07) is 0.470. The lowest BCUT2D eigenvalue weighted by Crippen LogP contribution is -2.37. The SMILES string of the molecule is CC(C)NCc1cncc(N2CCC(CN(C)C)CC2)n1. The van der Waals surface area contributed by atoms with Crippen LogP contribution in [-0.4, -0.2) is 54.6 Å². The lowest BCUT2D eigenvalue weighted by atomic mass is 9.96. The molecular formula is C16H29N5. The largest absolute Gasteiger partial charge is 0.355 e. The summed E-state index contributed by atoms with van der Waals surface area (Å²) < 4.78 is 0. The first-order valence-corrected chi connectivity index (χ1v) is 7.98. The Kier molecular flexibility index (Phi) is 5.94. The molecule has 118 valence electrons. The lowest BCUT2D eigenvalue weighted by molar-refractivity contribution is 0.284. The molecule has 5 heteroatoms. The highest BCUT2D eigenvalue weighted by molar-refractivity contribution is 5.36. The van der Waals surface area contributed by atoms with Gasteiger partial charge in [0.15, 0.2) is 0 Å². The van der Waals surface area contributed by atoms with Crippen molar-refractivity contribution in [3.8, 4) is 0 Å². The van der Waals surface area contributed by atoms with E-state index >= 15 is 0 Å². The molecule has 0 saturated carbocycles. The molecule has 1 aromatic rings. The van der Waals surface area contributed by atoms with Crippen molar-refractivity contribution < 1.29 is 0 Å². The van der Waals surface area contributed by atoms with Gasteiger partial charge < -0.3 is 15.1 Å². The Labute approximate surface area is 128 Å². The van der Waals surface area contributed by atoms with Crippen LogP contribution < -0.4 is 10.2 Å². The Morgan fingerprint density at radius 3 is 2.62 bits per heavy atom. The van der Waals surface area contributed by atoms with Gasteiger partial charge in [-0.05, 0) is 32.9 Å². The Hall–Kier alpha value is -1.20. The molecule has 0 radical (unpaired) electrons. The maximum Gasteiger partial charge on any atom is 0.147 e. The maximum atomic E-state index is 4.74. The van der Waals surface area contributed by atoms with Crippen molar-refractivity contribution in [1.29, 1.82) is 0 Å². The first-order chi connectivity index (χ1) is 10.0. The van der Waals surface area contributed by atoms with Crippen molar-refractivity contribution in [1.82, 2.24) is 20.2 Å². The van der Waals surface area contributed by atoms with Crippen LogP contribution >= 0.6 is 0 Å². The highest BCUT2D eigenvalue weighted by Crippen LogP contribution is 2.21. The predicted molar refractivity (Wildman–Crippen MR) is 87.5 cm³/mol. The number of anilines is 1. The molecule has 0 unspecified atom stereocenters. The summed E-state index contributed by atoms with van der Waals surface area (Å²) >= 11 is 0. The maximum absolute atomic E-state index is 4.74. The molecule has 1 N–H and O–H groups in total. The number of piperidine rings is 1. The van der Waals surface area contributed by atoms with Gasteiger partial charge in [-0.3, -0.25) is 4.98 Å². The van der Waals surface area contributed by atoms with E-state index in [2.05, 4.69) is 48.0 Å². The van der Waals surface area contributed by atoms with Crippen LogP contribution in [0.15, 0.2) is 12.4 Å². The van der Waals surface area contributed by atoms with Crippen molar-refractivity contribution in [2.45, 2.75) is 39.3 Å². The van der Waals surface area contributed by atoms with Gasteiger partial charge in [-0.1, -0.05) is 13.8 Å². The smallest absolute Gasteiger partial charge is 0.147 e. The Bertz CT molecular complexity index is 424. The summed E-state index contributed by atoms with van der Waals surface area (Å²) in [4.78, 5) is 13.8. The van der Waals surface area contributed by atoms with E-state index < -0.39 is 0 Å². The van der Waals surface area contributed by atoms with Gasteiger partial charge in [-0.25, -0.2) is 4.98 Å². The fourth-order valence-corrected chi connectivity index (χ4v) is 2.80. The van der Waals surface area contributed by atoms with Gasteiger partial charge in [0.1, 0.15) is 5.82 Å². The van der Waals surface area contributed by atoms with E-state index in [1.807, 2.05) is 12.4 Å². The molecule has 21 heavy (non-hydrogen) atoms. The van der Waals surface area contributed by atoms with Gasteiger partial charge in [0.05, 0.1) is 11.9 Å². The Balaban J connectivity index is 1.89. The van der Waals surface area contributed by atoms with Crippen LogP contribution in [0.2, 0.25) is 0 Å². The van der Waals surface area contributed by atoms with Crippen LogP contribution in [0.1, 0.15) is 32.4 Å². The monoisotopic (exact) mass is 291 g/mol. The van der Waals surface area contributed by atoms with E-state index in [9.17, 15) is 0 Å². The minimum absolute atomic E-state index is 0.470. The summed E-state index contributed by atoms with van der Waals surface area (Å²) in [5.41, 5.74) is 1.02. The highest BCUT2D eigenvalue weighted by Gasteiger charge is 2.20. The second-order valence-corrected chi connectivity index (χ2v) is 6.60. The van der Waals surface area contributed by atoms with E-state index in [4.69, 9.17) is 4.98 Å². The minimum Gasteiger partial charge on any atom is -0.355 e. The Morgan fingerprint density at radius 2 is 2.00 bits per heavy atom. The van der Waals surface area contributed by atoms with Gasteiger partial charge >= 0.3 is 0 Å². The highest BCUT2D eigenvalue weighted by atomic mass is 15.2. The molecule has 1 aliphatic rings. The molecule has 0 aliphatic carbocycles. The van der Waals surface area contributed by atoms with Crippen LogP contribution in [-0.2, 0) is 6.54 Å². The summed E-state index contributed by atoms with van der Waals surface area (Å²) in [6.07, 6.45) is 6.24. The van der Waals surface area contributed by atoms with Crippen LogP contribution in [0.25, 0.3) is 0 Å². The van der Waals surface area contributed by atoms with Crippen molar-refractivity contribution in [2.75, 3.05) is 38.6 Å². The van der Waals surface area contributed by atoms with Crippen molar-refractivity contribution in [2.24, 2.45) is 5.92 Å². The molecular weight excluding hydrogens is 262 g/mol.